The predicted octanol–water partition coefficient (Wildman–Crippen LogP) is 3.32. The van der Waals surface area contributed by atoms with Crippen molar-refractivity contribution < 1.29 is 23.9 Å². The minimum Gasteiger partial charge on any atom is -0.464 e. The quantitative estimate of drug-likeness (QED) is 0.638. The number of cyclic esters (lactones) is 1. The SMILES string of the molecule is CCOC(=O)[C@@]1(Cc2c[nH]c3ccccc23)C[C@H]2C(=O)OC[C@H](c3ccccc3)N2O1. The third-order valence-corrected chi connectivity index (χ3v) is 6.06. The van der Waals surface area contributed by atoms with Crippen LogP contribution in [0.3, 0.4) is 0 Å². The van der Waals surface area contributed by atoms with Crippen molar-refractivity contribution in [3.05, 3.63) is 71.9 Å². The molecule has 3 heterocycles. The molecule has 0 radical (unpaired) electrons. The number of morpholine rings is 1. The van der Waals surface area contributed by atoms with Crippen LogP contribution < -0.4 is 0 Å². The van der Waals surface area contributed by atoms with Crippen molar-refractivity contribution in [2.75, 3.05) is 13.2 Å². The first-order valence-corrected chi connectivity index (χ1v) is 10.5. The zero-order chi connectivity index (χ0) is 21.4. The largest absolute Gasteiger partial charge is 0.464 e. The summed E-state index contributed by atoms with van der Waals surface area (Å²) in [6, 6.07) is 16.7. The number of carbonyl (C=O) groups excluding carboxylic acids is 2. The summed E-state index contributed by atoms with van der Waals surface area (Å²) in [6.45, 7) is 2.17. The Morgan fingerprint density at radius 2 is 1.94 bits per heavy atom. The fourth-order valence-electron chi connectivity index (χ4n) is 4.57. The highest BCUT2D eigenvalue weighted by atomic mass is 16.7. The summed E-state index contributed by atoms with van der Waals surface area (Å²) in [5, 5.41) is 2.66. The summed E-state index contributed by atoms with van der Waals surface area (Å²) in [6.07, 6.45) is 2.35. The van der Waals surface area contributed by atoms with E-state index in [0.29, 0.717) is 0 Å². The molecule has 0 spiro atoms. The van der Waals surface area contributed by atoms with Gasteiger partial charge in [0.15, 0.2) is 5.60 Å². The number of rotatable bonds is 5. The number of hydrogen-bond acceptors (Lipinski definition) is 6. The molecule has 0 bridgehead atoms. The van der Waals surface area contributed by atoms with Gasteiger partial charge in [-0.2, -0.15) is 5.06 Å². The van der Waals surface area contributed by atoms with Crippen LogP contribution in [0.4, 0.5) is 0 Å². The van der Waals surface area contributed by atoms with E-state index < -0.39 is 17.6 Å². The molecule has 1 aromatic heterocycles. The van der Waals surface area contributed by atoms with Crippen LogP contribution >= 0.6 is 0 Å². The summed E-state index contributed by atoms with van der Waals surface area (Å²) >= 11 is 0. The number of ether oxygens (including phenoxy) is 2. The van der Waals surface area contributed by atoms with Gasteiger partial charge in [0.25, 0.3) is 0 Å². The summed E-state index contributed by atoms with van der Waals surface area (Å²) in [5.74, 6) is -0.841. The van der Waals surface area contributed by atoms with Crippen molar-refractivity contribution in [2.45, 2.75) is 37.5 Å². The molecule has 1 N–H and O–H groups in total. The average molecular weight is 420 g/mol. The van der Waals surface area contributed by atoms with Crippen LogP contribution in [0.5, 0.6) is 0 Å². The lowest BCUT2D eigenvalue weighted by Crippen LogP contribution is -2.46. The molecule has 31 heavy (non-hydrogen) atoms. The molecule has 0 saturated carbocycles. The lowest BCUT2D eigenvalue weighted by molar-refractivity contribution is -0.254. The Kier molecular flexibility index (Phi) is 5.00. The lowest BCUT2D eigenvalue weighted by atomic mass is 9.88. The second-order valence-electron chi connectivity index (χ2n) is 7.98. The Bertz CT molecular complexity index is 1110. The van der Waals surface area contributed by atoms with Gasteiger partial charge in [-0.1, -0.05) is 48.5 Å². The number of benzene rings is 2. The van der Waals surface area contributed by atoms with Crippen molar-refractivity contribution in [3.8, 4) is 0 Å². The fourth-order valence-corrected chi connectivity index (χ4v) is 4.57. The van der Waals surface area contributed by atoms with Crippen LogP contribution in [0.15, 0.2) is 60.8 Å². The number of H-pyrrole nitrogens is 1. The number of para-hydroxylation sites is 1. The van der Waals surface area contributed by atoms with E-state index in [2.05, 4.69) is 4.98 Å². The van der Waals surface area contributed by atoms with Gasteiger partial charge >= 0.3 is 11.9 Å². The number of fused-ring (bicyclic) bond motifs is 2. The number of nitrogens with zero attached hydrogens (tertiary/aromatic N) is 1. The van der Waals surface area contributed by atoms with Crippen molar-refractivity contribution in [2.24, 2.45) is 0 Å². The smallest absolute Gasteiger partial charge is 0.341 e. The van der Waals surface area contributed by atoms with Crippen molar-refractivity contribution in [3.63, 3.8) is 0 Å². The summed E-state index contributed by atoms with van der Waals surface area (Å²) in [4.78, 5) is 35.4. The Morgan fingerprint density at radius 3 is 2.74 bits per heavy atom. The van der Waals surface area contributed by atoms with Crippen LogP contribution in [0, 0.1) is 0 Å². The summed E-state index contributed by atoms with van der Waals surface area (Å²) in [5.41, 5.74) is 1.58. The van der Waals surface area contributed by atoms with Gasteiger partial charge in [0.1, 0.15) is 12.6 Å². The van der Waals surface area contributed by atoms with Gasteiger partial charge in [-0.3, -0.25) is 9.63 Å². The maximum atomic E-state index is 13.2. The number of carbonyl (C=O) groups is 2. The van der Waals surface area contributed by atoms with Crippen LogP contribution in [-0.2, 0) is 30.3 Å². The molecule has 0 aliphatic carbocycles. The van der Waals surface area contributed by atoms with E-state index in [9.17, 15) is 9.59 Å². The van der Waals surface area contributed by atoms with E-state index in [1.165, 1.54) is 0 Å². The number of nitrogens with one attached hydrogen (secondary N) is 1. The van der Waals surface area contributed by atoms with Crippen LogP contribution in [0.2, 0.25) is 0 Å². The highest BCUT2D eigenvalue weighted by Gasteiger charge is 2.58. The number of hydroxylamine groups is 2. The molecule has 160 valence electrons. The van der Waals surface area contributed by atoms with Crippen LogP contribution in [0.25, 0.3) is 10.9 Å². The Hall–Kier alpha value is -3.16. The molecule has 2 aliphatic rings. The Morgan fingerprint density at radius 1 is 1.16 bits per heavy atom. The summed E-state index contributed by atoms with van der Waals surface area (Å²) in [7, 11) is 0. The van der Waals surface area contributed by atoms with Crippen molar-refractivity contribution in [1.29, 1.82) is 0 Å². The first kappa shape index (κ1) is 19.8. The zero-order valence-electron chi connectivity index (χ0n) is 17.2. The monoisotopic (exact) mass is 420 g/mol. The minimum absolute atomic E-state index is 0.172. The van der Waals surface area contributed by atoms with Gasteiger partial charge in [-0.05, 0) is 24.1 Å². The third-order valence-electron chi connectivity index (χ3n) is 6.06. The third kappa shape index (κ3) is 3.40. The molecular weight excluding hydrogens is 396 g/mol. The molecular formula is C24H24N2O5. The highest BCUT2D eigenvalue weighted by molar-refractivity contribution is 5.87. The normalized spacial score (nSPS) is 25.9. The van der Waals surface area contributed by atoms with E-state index >= 15 is 0 Å². The van der Waals surface area contributed by atoms with Crippen molar-refractivity contribution >= 4 is 22.8 Å². The molecule has 3 aromatic rings. The molecule has 5 rings (SSSR count). The number of aromatic amines is 1. The van der Waals surface area contributed by atoms with E-state index in [1.54, 1.807) is 12.0 Å². The number of aromatic nitrogens is 1. The highest BCUT2D eigenvalue weighted by Crippen LogP contribution is 2.43. The second kappa shape index (κ2) is 7.83. The maximum Gasteiger partial charge on any atom is 0.341 e. The molecule has 2 aromatic carbocycles. The zero-order valence-corrected chi connectivity index (χ0v) is 17.2. The molecule has 7 heteroatoms. The molecule has 2 fully saturated rings. The van der Waals surface area contributed by atoms with E-state index in [-0.39, 0.29) is 38.1 Å². The molecule has 2 aliphatic heterocycles. The fraction of sp³-hybridized carbons (Fsp3) is 0.333. The van der Waals surface area contributed by atoms with Gasteiger partial charge in [0.05, 0.1) is 12.6 Å². The molecule has 0 amide bonds. The topological polar surface area (TPSA) is 80.9 Å². The predicted molar refractivity (Wildman–Crippen MR) is 113 cm³/mol. The van der Waals surface area contributed by atoms with E-state index in [1.807, 2.05) is 60.8 Å². The molecule has 2 saturated heterocycles. The first-order valence-electron chi connectivity index (χ1n) is 10.5. The summed E-state index contributed by atoms with van der Waals surface area (Å²) < 4.78 is 10.9. The second-order valence-corrected chi connectivity index (χ2v) is 7.98. The maximum absolute atomic E-state index is 13.2. The van der Waals surface area contributed by atoms with E-state index in [0.717, 1.165) is 22.0 Å². The standard InChI is InChI=1S/C24H24N2O5/c1-2-29-23(28)24(12-17-14-25-19-11-7-6-10-18(17)19)13-20-22(27)30-15-21(26(20)31-24)16-8-4-3-5-9-16/h3-11,14,20-21,25H,2,12-13,15H2,1H3/t20-,21+,24+/m0/s1. The molecule has 3 atom stereocenters. The average Bonchev–Trinajstić information content (AvgIpc) is 3.38. The van der Waals surface area contributed by atoms with Crippen LogP contribution in [0.1, 0.15) is 30.5 Å². The van der Waals surface area contributed by atoms with Gasteiger partial charge < -0.3 is 14.5 Å². The van der Waals surface area contributed by atoms with Gasteiger partial charge in [0, 0.05) is 29.9 Å². The Labute approximate surface area is 179 Å². The van der Waals surface area contributed by atoms with E-state index in [4.69, 9.17) is 14.3 Å². The Balaban J connectivity index is 1.53. The van der Waals surface area contributed by atoms with Gasteiger partial charge in [-0.15, -0.1) is 0 Å². The first-order chi connectivity index (χ1) is 15.1. The van der Waals surface area contributed by atoms with Crippen LogP contribution in [-0.4, -0.2) is 46.8 Å². The number of hydrogen-bond donors (Lipinski definition) is 1. The molecule has 0 unspecified atom stereocenters. The minimum atomic E-state index is -1.30. The molecule has 7 nitrogen and oxygen atoms in total. The van der Waals surface area contributed by atoms with Gasteiger partial charge in [-0.25, -0.2) is 4.79 Å². The lowest BCUT2D eigenvalue weighted by Gasteiger charge is -2.35. The van der Waals surface area contributed by atoms with Crippen molar-refractivity contribution in [1.82, 2.24) is 10.0 Å². The number of esters is 2. The van der Waals surface area contributed by atoms with Gasteiger partial charge in [0.2, 0.25) is 0 Å².